The van der Waals surface area contributed by atoms with Crippen molar-refractivity contribution in [3.05, 3.63) is 71.4 Å². The molecular formula is C20H20ClN7. The fraction of sp³-hybridized carbons (Fsp3) is 0.200. The van der Waals surface area contributed by atoms with Crippen molar-refractivity contribution in [1.29, 1.82) is 0 Å². The Morgan fingerprint density at radius 3 is 2.89 bits per heavy atom. The predicted octanol–water partition coefficient (Wildman–Crippen LogP) is 3.25. The molecule has 4 aromatic rings. The molecule has 0 saturated heterocycles. The van der Waals surface area contributed by atoms with Crippen LogP contribution in [-0.2, 0) is 20.0 Å². The Morgan fingerprint density at radius 1 is 1.18 bits per heavy atom. The van der Waals surface area contributed by atoms with Crippen LogP contribution < -0.4 is 5.32 Å². The monoisotopic (exact) mass is 393 g/mol. The number of hydrogen-bond donors (Lipinski definition) is 2. The molecule has 4 rings (SSSR count). The summed E-state index contributed by atoms with van der Waals surface area (Å²) in [6, 6.07) is 11.6. The number of benzene rings is 1. The summed E-state index contributed by atoms with van der Waals surface area (Å²) in [5.74, 6) is 1.51. The zero-order valence-electron chi connectivity index (χ0n) is 15.4. The van der Waals surface area contributed by atoms with Gasteiger partial charge >= 0.3 is 0 Å². The van der Waals surface area contributed by atoms with Gasteiger partial charge in [-0.3, -0.25) is 14.8 Å². The molecule has 0 radical (unpaired) electrons. The highest BCUT2D eigenvalue weighted by atomic mass is 35.5. The average molecular weight is 394 g/mol. The van der Waals surface area contributed by atoms with Gasteiger partial charge in [0.1, 0.15) is 5.82 Å². The van der Waals surface area contributed by atoms with E-state index in [-0.39, 0.29) is 0 Å². The summed E-state index contributed by atoms with van der Waals surface area (Å²) in [6.45, 7) is 1.48. The third-order valence-corrected chi connectivity index (χ3v) is 4.54. The molecule has 28 heavy (non-hydrogen) atoms. The topological polar surface area (TPSA) is 84.3 Å². The fourth-order valence-electron chi connectivity index (χ4n) is 3.01. The standard InChI is InChI=1S/C20H20ClN7/c1-28-13-16(19(27-28)14-4-2-6-17(21)10-14)12-23-9-7-18-24-20(26-25-18)15-5-3-8-22-11-15/h2-6,8,10-11,13,23H,7,9,12H2,1H3,(H,24,25,26). The molecule has 0 fully saturated rings. The minimum Gasteiger partial charge on any atom is -0.312 e. The lowest BCUT2D eigenvalue weighted by Gasteiger charge is -2.05. The molecule has 2 N–H and O–H groups in total. The van der Waals surface area contributed by atoms with Crippen molar-refractivity contribution in [2.75, 3.05) is 6.54 Å². The van der Waals surface area contributed by atoms with Crippen molar-refractivity contribution in [3.8, 4) is 22.6 Å². The molecule has 7 nitrogen and oxygen atoms in total. The van der Waals surface area contributed by atoms with Crippen LogP contribution in [0.2, 0.25) is 5.02 Å². The Bertz CT molecular complexity index is 1060. The summed E-state index contributed by atoms with van der Waals surface area (Å²) in [4.78, 5) is 8.62. The van der Waals surface area contributed by atoms with Crippen LogP contribution in [0.15, 0.2) is 55.0 Å². The number of hydrogen-bond acceptors (Lipinski definition) is 5. The van der Waals surface area contributed by atoms with Gasteiger partial charge in [-0.25, -0.2) is 4.98 Å². The van der Waals surface area contributed by atoms with Crippen molar-refractivity contribution >= 4 is 11.6 Å². The van der Waals surface area contributed by atoms with E-state index in [1.165, 1.54) is 0 Å². The second-order valence-electron chi connectivity index (χ2n) is 6.46. The molecule has 0 bridgehead atoms. The summed E-state index contributed by atoms with van der Waals surface area (Å²) in [5, 5.41) is 16.0. The number of H-pyrrole nitrogens is 1. The van der Waals surface area contributed by atoms with E-state index in [4.69, 9.17) is 11.6 Å². The molecule has 0 saturated carbocycles. The normalized spacial score (nSPS) is 11.1. The van der Waals surface area contributed by atoms with Crippen LogP contribution in [-0.4, -0.2) is 36.5 Å². The number of halogens is 1. The highest BCUT2D eigenvalue weighted by molar-refractivity contribution is 6.30. The Labute approximate surface area is 167 Å². The first-order chi connectivity index (χ1) is 13.7. The molecule has 3 aromatic heterocycles. The maximum Gasteiger partial charge on any atom is 0.182 e. The molecular weight excluding hydrogens is 374 g/mol. The van der Waals surface area contributed by atoms with E-state index >= 15 is 0 Å². The molecule has 0 spiro atoms. The zero-order valence-corrected chi connectivity index (χ0v) is 16.2. The number of rotatable bonds is 7. The number of nitrogens with zero attached hydrogens (tertiary/aromatic N) is 5. The summed E-state index contributed by atoms with van der Waals surface area (Å²) in [5.41, 5.74) is 3.98. The van der Waals surface area contributed by atoms with E-state index in [1.807, 2.05) is 54.3 Å². The lowest BCUT2D eigenvalue weighted by Crippen LogP contribution is -2.17. The van der Waals surface area contributed by atoms with Crippen LogP contribution in [0.3, 0.4) is 0 Å². The number of aromatic amines is 1. The number of nitrogens with one attached hydrogen (secondary N) is 2. The second-order valence-corrected chi connectivity index (χ2v) is 6.90. The molecule has 0 amide bonds. The summed E-state index contributed by atoms with van der Waals surface area (Å²) in [6.07, 6.45) is 6.26. The van der Waals surface area contributed by atoms with Crippen LogP contribution >= 0.6 is 11.6 Å². The van der Waals surface area contributed by atoms with Crippen molar-refractivity contribution in [2.24, 2.45) is 7.05 Å². The molecule has 0 atom stereocenters. The Balaban J connectivity index is 1.36. The summed E-state index contributed by atoms with van der Waals surface area (Å²) < 4.78 is 1.82. The third-order valence-electron chi connectivity index (χ3n) is 4.31. The minimum absolute atomic E-state index is 0.665. The SMILES string of the molecule is Cn1cc(CNCCc2nc(-c3cccnc3)n[nH]2)c(-c2cccc(Cl)c2)n1. The maximum atomic E-state index is 6.12. The number of aromatic nitrogens is 6. The first kappa shape index (κ1) is 18.3. The molecule has 0 aliphatic heterocycles. The van der Waals surface area contributed by atoms with Crippen LogP contribution in [0.5, 0.6) is 0 Å². The fourth-order valence-corrected chi connectivity index (χ4v) is 3.20. The Hall–Kier alpha value is -3.03. The first-order valence-corrected chi connectivity index (χ1v) is 9.38. The molecule has 8 heteroatoms. The highest BCUT2D eigenvalue weighted by Gasteiger charge is 2.11. The Kier molecular flexibility index (Phi) is 5.45. The van der Waals surface area contributed by atoms with Gasteiger partial charge in [-0.15, -0.1) is 0 Å². The molecule has 0 aliphatic carbocycles. The van der Waals surface area contributed by atoms with Crippen molar-refractivity contribution < 1.29 is 0 Å². The average Bonchev–Trinajstić information content (AvgIpc) is 3.32. The van der Waals surface area contributed by atoms with E-state index in [1.54, 1.807) is 12.4 Å². The van der Waals surface area contributed by atoms with E-state index in [0.29, 0.717) is 17.4 Å². The molecule has 3 heterocycles. The van der Waals surface area contributed by atoms with Gasteiger partial charge in [0.05, 0.1) is 5.69 Å². The van der Waals surface area contributed by atoms with Crippen LogP contribution in [0.4, 0.5) is 0 Å². The molecule has 142 valence electrons. The summed E-state index contributed by atoms with van der Waals surface area (Å²) in [7, 11) is 1.92. The minimum atomic E-state index is 0.665. The van der Waals surface area contributed by atoms with Gasteiger partial charge in [-0.1, -0.05) is 23.7 Å². The number of pyridine rings is 1. The van der Waals surface area contributed by atoms with Crippen LogP contribution in [0.25, 0.3) is 22.6 Å². The molecule has 0 unspecified atom stereocenters. The van der Waals surface area contributed by atoms with Crippen molar-refractivity contribution in [3.63, 3.8) is 0 Å². The van der Waals surface area contributed by atoms with Gasteiger partial charge in [-0.2, -0.15) is 10.2 Å². The van der Waals surface area contributed by atoms with Gasteiger partial charge in [0.25, 0.3) is 0 Å². The summed E-state index contributed by atoms with van der Waals surface area (Å²) >= 11 is 6.12. The van der Waals surface area contributed by atoms with E-state index in [9.17, 15) is 0 Å². The van der Waals surface area contributed by atoms with Gasteiger partial charge in [0, 0.05) is 66.9 Å². The molecule has 1 aromatic carbocycles. The Morgan fingerprint density at radius 2 is 2.07 bits per heavy atom. The van der Waals surface area contributed by atoms with Crippen LogP contribution in [0.1, 0.15) is 11.4 Å². The van der Waals surface area contributed by atoms with E-state index in [2.05, 4.69) is 30.6 Å². The van der Waals surface area contributed by atoms with Gasteiger partial charge in [0.2, 0.25) is 0 Å². The van der Waals surface area contributed by atoms with E-state index in [0.717, 1.165) is 41.2 Å². The van der Waals surface area contributed by atoms with Gasteiger partial charge < -0.3 is 5.32 Å². The second kappa shape index (κ2) is 8.33. The lowest BCUT2D eigenvalue weighted by atomic mass is 10.1. The third kappa shape index (κ3) is 4.27. The highest BCUT2D eigenvalue weighted by Crippen LogP contribution is 2.24. The van der Waals surface area contributed by atoms with Crippen molar-refractivity contribution in [2.45, 2.75) is 13.0 Å². The maximum absolute atomic E-state index is 6.12. The van der Waals surface area contributed by atoms with Gasteiger partial charge in [-0.05, 0) is 24.3 Å². The first-order valence-electron chi connectivity index (χ1n) is 9.00. The quantitative estimate of drug-likeness (QED) is 0.471. The largest absolute Gasteiger partial charge is 0.312 e. The zero-order chi connectivity index (χ0) is 19.3. The van der Waals surface area contributed by atoms with Crippen molar-refractivity contribution in [1.82, 2.24) is 35.3 Å². The number of aryl methyl sites for hydroxylation is 1. The lowest BCUT2D eigenvalue weighted by molar-refractivity contribution is 0.671. The van der Waals surface area contributed by atoms with Gasteiger partial charge in [0.15, 0.2) is 5.82 Å². The van der Waals surface area contributed by atoms with Crippen LogP contribution in [0, 0.1) is 0 Å². The predicted molar refractivity (Wildman–Crippen MR) is 109 cm³/mol. The van der Waals surface area contributed by atoms with E-state index < -0.39 is 0 Å². The smallest absolute Gasteiger partial charge is 0.182 e. The molecule has 0 aliphatic rings.